The van der Waals surface area contributed by atoms with Crippen molar-refractivity contribution >= 4 is 0 Å². The van der Waals surface area contributed by atoms with Crippen LogP contribution in [0.15, 0.2) is 24.3 Å². The molecule has 0 aliphatic carbocycles. The Morgan fingerprint density at radius 1 is 1.26 bits per heavy atom. The van der Waals surface area contributed by atoms with Gasteiger partial charge in [-0.25, -0.2) is 0 Å². The second kappa shape index (κ2) is 6.77. The molecule has 0 bridgehead atoms. The minimum atomic E-state index is -4.13. The number of hydrogen-bond donors (Lipinski definition) is 1. The van der Waals surface area contributed by atoms with Crippen LogP contribution < -0.4 is 10.5 Å². The lowest BCUT2D eigenvalue weighted by atomic mass is 10.1. The van der Waals surface area contributed by atoms with Gasteiger partial charge in [-0.1, -0.05) is 12.1 Å². The fraction of sp³-hybridized carbons (Fsp3) is 0.538. The van der Waals surface area contributed by atoms with E-state index in [1.165, 1.54) is 0 Å². The average molecular weight is 276 g/mol. The summed E-state index contributed by atoms with van der Waals surface area (Å²) in [5.74, 6) is 0.723. The van der Waals surface area contributed by atoms with Crippen molar-refractivity contribution in [3.05, 3.63) is 29.8 Å². The molecule has 0 saturated heterocycles. The Morgan fingerprint density at radius 3 is 2.32 bits per heavy atom. The van der Waals surface area contributed by atoms with Gasteiger partial charge in [0.1, 0.15) is 5.75 Å². The monoisotopic (exact) mass is 276 g/mol. The molecule has 2 N–H and O–H groups in total. The topological polar surface area (TPSA) is 38.5 Å². The van der Waals surface area contributed by atoms with Gasteiger partial charge in [0.15, 0.2) is 0 Å². The van der Waals surface area contributed by atoms with Gasteiger partial charge < -0.3 is 15.4 Å². The molecule has 1 unspecified atom stereocenters. The highest BCUT2D eigenvalue weighted by Crippen LogP contribution is 2.20. The molecule has 0 aromatic heterocycles. The lowest BCUT2D eigenvalue weighted by Gasteiger charge is -2.22. The Balaban J connectivity index is 2.46. The summed E-state index contributed by atoms with van der Waals surface area (Å²) in [7, 11) is 3.20. The Hall–Kier alpha value is -1.27. The van der Waals surface area contributed by atoms with Gasteiger partial charge in [-0.05, 0) is 24.7 Å². The van der Waals surface area contributed by atoms with Crippen LogP contribution in [0.1, 0.15) is 18.0 Å². The highest BCUT2D eigenvalue weighted by molar-refractivity contribution is 5.29. The van der Waals surface area contributed by atoms with Crippen LogP contribution in [0.3, 0.4) is 0 Å². The van der Waals surface area contributed by atoms with Crippen molar-refractivity contribution in [2.75, 3.05) is 27.2 Å². The summed E-state index contributed by atoms with van der Waals surface area (Å²) in [6.07, 6.45) is -4.95. The van der Waals surface area contributed by atoms with Gasteiger partial charge in [-0.15, -0.1) is 0 Å². The molecule has 0 radical (unpaired) electrons. The SMILES string of the molecule is COc1ccc(C(N)CN(C)CCC(F)(F)F)cc1. The van der Waals surface area contributed by atoms with Gasteiger partial charge in [-0.3, -0.25) is 0 Å². The number of ether oxygens (including phenoxy) is 1. The number of rotatable bonds is 6. The largest absolute Gasteiger partial charge is 0.497 e. The van der Waals surface area contributed by atoms with E-state index in [2.05, 4.69) is 0 Å². The van der Waals surface area contributed by atoms with Crippen LogP contribution in [0.4, 0.5) is 13.2 Å². The number of methoxy groups -OCH3 is 1. The first-order chi connectivity index (χ1) is 8.81. The molecule has 1 rings (SSSR count). The maximum absolute atomic E-state index is 12.1. The van der Waals surface area contributed by atoms with Crippen molar-refractivity contribution < 1.29 is 17.9 Å². The van der Waals surface area contributed by atoms with Crippen LogP contribution in [0.25, 0.3) is 0 Å². The number of hydrogen-bond acceptors (Lipinski definition) is 3. The summed E-state index contributed by atoms with van der Waals surface area (Å²) in [5, 5.41) is 0. The summed E-state index contributed by atoms with van der Waals surface area (Å²) >= 11 is 0. The molecule has 0 aliphatic rings. The zero-order valence-electron chi connectivity index (χ0n) is 11.1. The molecule has 1 aromatic carbocycles. The van der Waals surface area contributed by atoms with E-state index in [4.69, 9.17) is 10.5 Å². The molecule has 6 heteroatoms. The minimum Gasteiger partial charge on any atom is -0.497 e. The molecular formula is C13H19F3N2O. The fourth-order valence-electron chi connectivity index (χ4n) is 1.70. The summed E-state index contributed by atoms with van der Waals surface area (Å²) < 4.78 is 41.3. The molecular weight excluding hydrogens is 257 g/mol. The highest BCUT2D eigenvalue weighted by atomic mass is 19.4. The van der Waals surface area contributed by atoms with E-state index in [1.807, 2.05) is 12.1 Å². The Kier molecular flexibility index (Phi) is 5.62. The van der Waals surface area contributed by atoms with E-state index < -0.39 is 12.6 Å². The third kappa shape index (κ3) is 5.94. The third-order valence-electron chi connectivity index (χ3n) is 2.83. The van der Waals surface area contributed by atoms with Crippen molar-refractivity contribution in [3.63, 3.8) is 0 Å². The standard InChI is InChI=1S/C13H19F3N2O/c1-18(8-7-13(14,15)16)9-12(17)10-3-5-11(19-2)6-4-10/h3-6,12H,7-9,17H2,1-2H3. The van der Waals surface area contributed by atoms with Crippen LogP contribution in [0.5, 0.6) is 5.75 Å². The zero-order chi connectivity index (χ0) is 14.5. The summed E-state index contributed by atoms with van der Waals surface area (Å²) in [6, 6.07) is 6.89. The molecule has 0 spiro atoms. The van der Waals surface area contributed by atoms with Gasteiger partial charge in [0.05, 0.1) is 13.5 Å². The van der Waals surface area contributed by atoms with Crippen molar-refractivity contribution in [2.45, 2.75) is 18.6 Å². The quantitative estimate of drug-likeness (QED) is 0.868. The maximum atomic E-state index is 12.1. The van der Waals surface area contributed by atoms with Crippen LogP contribution in [-0.4, -0.2) is 38.3 Å². The van der Waals surface area contributed by atoms with Gasteiger partial charge >= 0.3 is 6.18 Å². The average Bonchev–Trinajstić information content (AvgIpc) is 2.35. The highest BCUT2D eigenvalue weighted by Gasteiger charge is 2.27. The summed E-state index contributed by atoms with van der Waals surface area (Å²) in [4.78, 5) is 1.59. The Labute approximate surface area is 111 Å². The normalized spacial score (nSPS) is 13.6. The van der Waals surface area contributed by atoms with Crippen LogP contribution >= 0.6 is 0 Å². The van der Waals surface area contributed by atoms with E-state index >= 15 is 0 Å². The molecule has 0 heterocycles. The molecule has 1 atom stereocenters. The smallest absolute Gasteiger partial charge is 0.390 e. The molecule has 19 heavy (non-hydrogen) atoms. The first kappa shape index (κ1) is 15.8. The number of likely N-dealkylation sites (N-methyl/N-ethyl adjacent to an activating group) is 1. The van der Waals surface area contributed by atoms with Crippen molar-refractivity contribution in [3.8, 4) is 5.75 Å². The van der Waals surface area contributed by atoms with E-state index in [1.54, 1.807) is 31.2 Å². The fourth-order valence-corrected chi connectivity index (χ4v) is 1.70. The van der Waals surface area contributed by atoms with Crippen LogP contribution in [0, 0.1) is 0 Å². The first-order valence-electron chi connectivity index (χ1n) is 5.96. The number of nitrogens with two attached hydrogens (primary N) is 1. The molecule has 0 amide bonds. The lowest BCUT2D eigenvalue weighted by molar-refractivity contribution is -0.137. The number of benzene rings is 1. The van der Waals surface area contributed by atoms with E-state index in [-0.39, 0.29) is 12.6 Å². The van der Waals surface area contributed by atoms with Crippen LogP contribution in [-0.2, 0) is 0 Å². The third-order valence-corrected chi connectivity index (χ3v) is 2.83. The first-order valence-corrected chi connectivity index (χ1v) is 5.96. The summed E-state index contributed by atoms with van der Waals surface area (Å²) in [6.45, 7) is 0.329. The molecule has 1 aromatic rings. The minimum absolute atomic E-state index is 0.0483. The maximum Gasteiger partial charge on any atom is 0.390 e. The van der Waals surface area contributed by atoms with E-state index in [9.17, 15) is 13.2 Å². The molecule has 3 nitrogen and oxygen atoms in total. The van der Waals surface area contributed by atoms with Gasteiger partial charge in [0.25, 0.3) is 0 Å². The zero-order valence-corrected chi connectivity index (χ0v) is 11.1. The Morgan fingerprint density at radius 2 is 1.84 bits per heavy atom. The molecule has 0 saturated carbocycles. The Bertz CT molecular complexity index is 378. The van der Waals surface area contributed by atoms with Gasteiger partial charge in [-0.2, -0.15) is 13.2 Å². The second-order valence-corrected chi connectivity index (χ2v) is 4.51. The van der Waals surface area contributed by atoms with Crippen molar-refractivity contribution in [1.82, 2.24) is 4.90 Å². The lowest BCUT2D eigenvalue weighted by Crippen LogP contribution is -2.31. The molecule has 0 fully saturated rings. The van der Waals surface area contributed by atoms with Gasteiger partial charge in [0, 0.05) is 19.1 Å². The molecule has 108 valence electrons. The van der Waals surface area contributed by atoms with E-state index in [0.717, 1.165) is 11.3 Å². The van der Waals surface area contributed by atoms with Crippen molar-refractivity contribution in [1.29, 1.82) is 0 Å². The predicted molar refractivity (Wildman–Crippen MR) is 68.1 cm³/mol. The number of alkyl halides is 3. The van der Waals surface area contributed by atoms with Crippen LogP contribution in [0.2, 0.25) is 0 Å². The second-order valence-electron chi connectivity index (χ2n) is 4.51. The van der Waals surface area contributed by atoms with Gasteiger partial charge in [0.2, 0.25) is 0 Å². The van der Waals surface area contributed by atoms with E-state index in [0.29, 0.717) is 6.54 Å². The predicted octanol–water partition coefficient (Wildman–Crippen LogP) is 2.58. The number of nitrogens with zero attached hydrogens (tertiary/aromatic N) is 1. The molecule has 0 aliphatic heterocycles. The summed E-state index contributed by atoms with van der Waals surface area (Å²) in [5.41, 5.74) is 6.84. The van der Waals surface area contributed by atoms with Crippen molar-refractivity contribution in [2.24, 2.45) is 5.73 Å². The number of halogens is 3.